The molecule has 1 aromatic heterocycles. The Bertz CT molecular complexity index is 753. The van der Waals surface area contributed by atoms with E-state index in [0.717, 1.165) is 11.3 Å². The van der Waals surface area contributed by atoms with Crippen molar-refractivity contribution in [1.82, 2.24) is 4.98 Å². The predicted molar refractivity (Wildman–Crippen MR) is 81.9 cm³/mol. The van der Waals surface area contributed by atoms with E-state index < -0.39 is 0 Å². The fraction of sp³-hybridized carbons (Fsp3) is 0. The normalized spacial score (nSPS) is 10.3. The summed E-state index contributed by atoms with van der Waals surface area (Å²) in [4.78, 5) is 16.4. The summed E-state index contributed by atoms with van der Waals surface area (Å²) in [6.07, 6.45) is 0. The number of halogens is 1. The van der Waals surface area contributed by atoms with Gasteiger partial charge in [0.05, 0.1) is 5.69 Å². The van der Waals surface area contributed by atoms with Crippen LogP contribution in [0.2, 0.25) is 0 Å². The first kappa shape index (κ1) is 13.5. The zero-order valence-electron chi connectivity index (χ0n) is 10.9. The van der Waals surface area contributed by atoms with Gasteiger partial charge < -0.3 is 5.32 Å². The van der Waals surface area contributed by atoms with E-state index in [-0.39, 0.29) is 11.7 Å². The quantitative estimate of drug-likeness (QED) is 0.787. The van der Waals surface area contributed by atoms with Crippen LogP contribution < -0.4 is 5.32 Å². The molecule has 1 heterocycles. The molecule has 3 nitrogen and oxygen atoms in total. The fourth-order valence-corrected chi connectivity index (χ4v) is 2.56. The van der Waals surface area contributed by atoms with Gasteiger partial charge in [0.15, 0.2) is 5.01 Å². The Morgan fingerprint density at radius 1 is 1.05 bits per heavy atom. The van der Waals surface area contributed by atoms with Gasteiger partial charge in [0, 0.05) is 16.6 Å². The molecular weight excluding hydrogens is 287 g/mol. The molecule has 2 aromatic carbocycles. The first-order valence-corrected chi connectivity index (χ1v) is 7.18. The van der Waals surface area contributed by atoms with Gasteiger partial charge in [-0.25, -0.2) is 9.37 Å². The zero-order valence-corrected chi connectivity index (χ0v) is 11.7. The number of benzene rings is 2. The van der Waals surface area contributed by atoms with Crippen molar-refractivity contribution in [2.24, 2.45) is 0 Å². The second-order valence-electron chi connectivity index (χ2n) is 4.36. The number of carbonyl (C=O) groups is 1. The average Bonchev–Trinajstić information content (AvgIpc) is 2.99. The van der Waals surface area contributed by atoms with Crippen molar-refractivity contribution < 1.29 is 9.18 Å². The van der Waals surface area contributed by atoms with Crippen LogP contribution in [0.1, 0.15) is 9.80 Å². The predicted octanol–water partition coefficient (Wildman–Crippen LogP) is 4.20. The van der Waals surface area contributed by atoms with Crippen LogP contribution in [0.25, 0.3) is 11.3 Å². The number of amides is 1. The first-order valence-electron chi connectivity index (χ1n) is 6.30. The van der Waals surface area contributed by atoms with Crippen LogP contribution in [0, 0.1) is 5.82 Å². The molecule has 0 aliphatic carbocycles. The molecule has 104 valence electrons. The highest BCUT2D eigenvalue weighted by atomic mass is 32.1. The fourth-order valence-electron chi connectivity index (χ4n) is 1.84. The molecule has 21 heavy (non-hydrogen) atoms. The van der Waals surface area contributed by atoms with Crippen molar-refractivity contribution in [3.8, 4) is 11.3 Å². The maximum absolute atomic E-state index is 12.9. The summed E-state index contributed by atoms with van der Waals surface area (Å²) in [5.41, 5.74) is 2.17. The summed E-state index contributed by atoms with van der Waals surface area (Å²) in [6.45, 7) is 0. The second-order valence-corrected chi connectivity index (χ2v) is 5.22. The van der Waals surface area contributed by atoms with Gasteiger partial charge in [0.2, 0.25) is 0 Å². The van der Waals surface area contributed by atoms with Crippen molar-refractivity contribution in [2.75, 3.05) is 5.32 Å². The lowest BCUT2D eigenvalue weighted by molar-refractivity contribution is 0.102. The summed E-state index contributed by atoms with van der Waals surface area (Å²) < 4.78 is 12.9. The SMILES string of the molecule is O=C(Nc1ccccc1)c1nc(-c2ccc(F)cc2)cs1. The highest BCUT2D eigenvalue weighted by molar-refractivity contribution is 7.12. The number of rotatable bonds is 3. The van der Waals surface area contributed by atoms with Crippen LogP contribution in [0.15, 0.2) is 60.0 Å². The number of carbonyl (C=O) groups excluding carboxylic acids is 1. The van der Waals surface area contributed by atoms with Gasteiger partial charge in [-0.3, -0.25) is 4.79 Å². The summed E-state index contributed by atoms with van der Waals surface area (Å²) >= 11 is 1.26. The number of aromatic nitrogens is 1. The number of nitrogens with zero attached hydrogens (tertiary/aromatic N) is 1. The Labute approximate surface area is 125 Å². The number of thiazole rings is 1. The Hall–Kier alpha value is -2.53. The maximum atomic E-state index is 12.9. The van der Waals surface area contributed by atoms with Crippen molar-refractivity contribution >= 4 is 22.9 Å². The minimum absolute atomic E-state index is 0.250. The van der Waals surface area contributed by atoms with Crippen LogP contribution in [0.5, 0.6) is 0 Å². The molecule has 0 atom stereocenters. The van der Waals surface area contributed by atoms with Gasteiger partial charge in [0.1, 0.15) is 5.82 Å². The Kier molecular flexibility index (Phi) is 3.75. The standard InChI is InChI=1S/C16H11FN2OS/c17-12-8-6-11(7-9-12)14-10-21-16(19-14)15(20)18-13-4-2-1-3-5-13/h1-10H,(H,18,20). The van der Waals surface area contributed by atoms with Gasteiger partial charge in [-0.1, -0.05) is 18.2 Å². The van der Waals surface area contributed by atoms with Gasteiger partial charge in [-0.2, -0.15) is 0 Å². The minimum Gasteiger partial charge on any atom is -0.320 e. The molecule has 0 spiro atoms. The van der Waals surface area contributed by atoms with Gasteiger partial charge >= 0.3 is 0 Å². The number of nitrogens with one attached hydrogen (secondary N) is 1. The molecule has 3 aromatic rings. The molecule has 1 N–H and O–H groups in total. The summed E-state index contributed by atoms with van der Waals surface area (Å²) in [6, 6.07) is 15.2. The molecule has 0 radical (unpaired) electrons. The Morgan fingerprint density at radius 2 is 1.76 bits per heavy atom. The number of anilines is 1. The molecule has 1 amide bonds. The van der Waals surface area contributed by atoms with Crippen LogP contribution in [0.3, 0.4) is 0 Å². The number of hydrogen-bond donors (Lipinski definition) is 1. The van der Waals surface area contributed by atoms with E-state index in [4.69, 9.17) is 0 Å². The molecular formula is C16H11FN2OS. The van der Waals surface area contributed by atoms with Crippen molar-refractivity contribution in [2.45, 2.75) is 0 Å². The molecule has 0 aliphatic heterocycles. The van der Waals surface area contributed by atoms with Gasteiger partial charge in [-0.05, 0) is 36.4 Å². The molecule has 0 unspecified atom stereocenters. The average molecular weight is 298 g/mol. The molecule has 0 aliphatic rings. The van der Waals surface area contributed by atoms with Crippen molar-refractivity contribution in [3.05, 3.63) is 70.8 Å². The molecule has 5 heteroatoms. The smallest absolute Gasteiger partial charge is 0.284 e. The van der Waals surface area contributed by atoms with E-state index in [0.29, 0.717) is 10.7 Å². The van der Waals surface area contributed by atoms with E-state index in [1.165, 1.54) is 23.5 Å². The van der Waals surface area contributed by atoms with Crippen molar-refractivity contribution in [3.63, 3.8) is 0 Å². The van der Waals surface area contributed by atoms with Crippen molar-refractivity contribution in [1.29, 1.82) is 0 Å². The lowest BCUT2D eigenvalue weighted by Gasteiger charge is -2.01. The lowest BCUT2D eigenvalue weighted by atomic mass is 10.2. The second kappa shape index (κ2) is 5.85. The topological polar surface area (TPSA) is 42.0 Å². The summed E-state index contributed by atoms with van der Waals surface area (Å²) in [5, 5.41) is 4.94. The van der Waals surface area contributed by atoms with E-state index in [2.05, 4.69) is 10.3 Å². The van der Waals surface area contributed by atoms with Crippen LogP contribution in [0.4, 0.5) is 10.1 Å². The monoisotopic (exact) mass is 298 g/mol. The zero-order chi connectivity index (χ0) is 14.7. The lowest BCUT2D eigenvalue weighted by Crippen LogP contribution is -2.11. The number of para-hydroxylation sites is 1. The number of hydrogen-bond acceptors (Lipinski definition) is 3. The van der Waals surface area contributed by atoms with Crippen LogP contribution in [-0.2, 0) is 0 Å². The molecule has 3 rings (SSSR count). The Morgan fingerprint density at radius 3 is 2.48 bits per heavy atom. The van der Waals surface area contributed by atoms with Crippen LogP contribution in [-0.4, -0.2) is 10.9 Å². The largest absolute Gasteiger partial charge is 0.320 e. The third kappa shape index (κ3) is 3.14. The minimum atomic E-state index is -0.295. The van der Waals surface area contributed by atoms with E-state index >= 15 is 0 Å². The molecule has 0 saturated carbocycles. The highest BCUT2D eigenvalue weighted by Gasteiger charge is 2.12. The van der Waals surface area contributed by atoms with E-state index in [9.17, 15) is 9.18 Å². The Balaban J connectivity index is 1.78. The van der Waals surface area contributed by atoms with E-state index in [1.54, 1.807) is 17.5 Å². The third-order valence-electron chi connectivity index (χ3n) is 2.87. The first-order chi connectivity index (χ1) is 10.2. The third-order valence-corrected chi connectivity index (χ3v) is 3.71. The maximum Gasteiger partial charge on any atom is 0.284 e. The highest BCUT2D eigenvalue weighted by Crippen LogP contribution is 2.22. The van der Waals surface area contributed by atoms with Gasteiger partial charge in [0.25, 0.3) is 5.91 Å². The summed E-state index contributed by atoms with van der Waals surface area (Å²) in [5.74, 6) is -0.546. The van der Waals surface area contributed by atoms with Crippen LogP contribution >= 0.6 is 11.3 Å². The van der Waals surface area contributed by atoms with Gasteiger partial charge in [-0.15, -0.1) is 11.3 Å². The summed E-state index contributed by atoms with van der Waals surface area (Å²) in [7, 11) is 0. The van der Waals surface area contributed by atoms with E-state index in [1.807, 2.05) is 30.3 Å². The molecule has 0 saturated heterocycles. The molecule has 0 bridgehead atoms. The molecule has 0 fully saturated rings.